The molecule has 58 valence electrons. The summed E-state index contributed by atoms with van der Waals surface area (Å²) < 4.78 is 0. The Morgan fingerprint density at radius 3 is 2.36 bits per heavy atom. The van der Waals surface area contributed by atoms with E-state index in [1.54, 1.807) is 0 Å². The number of nitrogens with two attached hydrogens (primary N) is 1. The molecule has 4 nitrogen and oxygen atoms in total. The summed E-state index contributed by atoms with van der Waals surface area (Å²) in [7, 11) is 0. The fraction of sp³-hybridized carbons (Fsp3) is 0.286. The van der Waals surface area contributed by atoms with Gasteiger partial charge in [0, 0.05) is 0 Å². The molecule has 4 heteroatoms. The Labute approximate surface area is 65.7 Å². The molecule has 0 aliphatic carbocycles. The monoisotopic (exact) mass is 150 g/mol. The molecule has 0 amide bonds. The molecule has 1 aromatic rings. The van der Waals surface area contributed by atoms with E-state index in [-0.39, 0.29) is 5.69 Å². The van der Waals surface area contributed by atoms with Gasteiger partial charge in [-0.25, -0.2) is 9.97 Å². The lowest BCUT2D eigenvalue weighted by molar-refractivity contribution is 1.17. The standard InChI is InChI=1S/C5H4N4.C2H6/c6-1-4-2-9-5(7)3-8-4;1-2/h2-3H,(H2,7,9);1-2H3. The van der Waals surface area contributed by atoms with Crippen molar-refractivity contribution in [3.05, 3.63) is 18.1 Å². The zero-order chi connectivity index (χ0) is 8.69. The van der Waals surface area contributed by atoms with Crippen LogP contribution in [0.5, 0.6) is 0 Å². The molecule has 1 rings (SSSR count). The molecule has 0 bridgehead atoms. The summed E-state index contributed by atoms with van der Waals surface area (Å²) in [6, 6.07) is 1.82. The van der Waals surface area contributed by atoms with E-state index in [0.717, 1.165) is 0 Å². The van der Waals surface area contributed by atoms with Gasteiger partial charge in [0.15, 0.2) is 5.69 Å². The maximum absolute atomic E-state index is 8.24. The van der Waals surface area contributed by atoms with E-state index < -0.39 is 0 Å². The quantitative estimate of drug-likeness (QED) is 0.597. The zero-order valence-electron chi connectivity index (χ0n) is 6.57. The number of hydrogen-bond acceptors (Lipinski definition) is 4. The molecule has 0 fully saturated rings. The molecule has 0 spiro atoms. The lowest BCUT2D eigenvalue weighted by Gasteiger charge is -1.86. The fourth-order valence-electron chi connectivity index (χ4n) is 0.396. The van der Waals surface area contributed by atoms with Gasteiger partial charge in [-0.1, -0.05) is 13.8 Å². The molecule has 0 saturated heterocycles. The molecule has 0 saturated carbocycles. The third kappa shape index (κ3) is 3.16. The molecular weight excluding hydrogens is 140 g/mol. The lowest BCUT2D eigenvalue weighted by atomic mass is 10.5. The SMILES string of the molecule is CC.N#Cc1cnc(N)cn1. The summed E-state index contributed by atoms with van der Waals surface area (Å²) in [4.78, 5) is 7.29. The lowest BCUT2D eigenvalue weighted by Crippen LogP contribution is -1.91. The van der Waals surface area contributed by atoms with Crippen molar-refractivity contribution in [2.24, 2.45) is 0 Å². The summed E-state index contributed by atoms with van der Waals surface area (Å²) >= 11 is 0. The van der Waals surface area contributed by atoms with Crippen LogP contribution in [0.1, 0.15) is 19.5 Å². The molecule has 0 radical (unpaired) electrons. The van der Waals surface area contributed by atoms with Gasteiger partial charge in [-0.3, -0.25) is 0 Å². The molecule has 0 aliphatic rings. The second-order valence-corrected chi connectivity index (χ2v) is 1.44. The normalized spacial score (nSPS) is 7.36. The van der Waals surface area contributed by atoms with Gasteiger partial charge >= 0.3 is 0 Å². The summed E-state index contributed by atoms with van der Waals surface area (Å²) in [6.45, 7) is 4.00. The minimum Gasteiger partial charge on any atom is -0.382 e. The highest BCUT2D eigenvalue weighted by molar-refractivity contribution is 5.26. The molecule has 0 unspecified atom stereocenters. The largest absolute Gasteiger partial charge is 0.382 e. The number of rotatable bonds is 0. The van der Waals surface area contributed by atoms with Crippen LogP contribution in [0.3, 0.4) is 0 Å². The summed E-state index contributed by atoms with van der Waals surface area (Å²) in [5, 5.41) is 8.24. The minimum absolute atomic E-state index is 0.282. The van der Waals surface area contributed by atoms with Gasteiger partial charge in [-0.2, -0.15) is 5.26 Å². The smallest absolute Gasteiger partial charge is 0.158 e. The highest BCUT2D eigenvalue weighted by Crippen LogP contribution is 1.92. The van der Waals surface area contributed by atoms with Crippen LogP contribution in [-0.2, 0) is 0 Å². The molecule has 2 N–H and O–H groups in total. The predicted octanol–water partition coefficient (Wildman–Crippen LogP) is 0.957. The molecule has 0 aromatic carbocycles. The average Bonchev–Trinajstić information content (AvgIpc) is 2.10. The number of anilines is 1. The molecule has 1 heterocycles. The van der Waals surface area contributed by atoms with Crippen molar-refractivity contribution in [1.82, 2.24) is 9.97 Å². The van der Waals surface area contributed by atoms with Crippen molar-refractivity contribution in [2.75, 3.05) is 5.73 Å². The molecule has 0 aliphatic heterocycles. The van der Waals surface area contributed by atoms with Gasteiger partial charge in [0.1, 0.15) is 11.9 Å². The Morgan fingerprint density at radius 2 is 2.00 bits per heavy atom. The van der Waals surface area contributed by atoms with E-state index in [2.05, 4.69) is 9.97 Å². The topological polar surface area (TPSA) is 75.6 Å². The molecule has 0 atom stereocenters. The van der Waals surface area contributed by atoms with E-state index >= 15 is 0 Å². The second kappa shape index (κ2) is 5.18. The number of hydrogen-bond donors (Lipinski definition) is 1. The van der Waals surface area contributed by atoms with Crippen LogP contribution >= 0.6 is 0 Å². The maximum Gasteiger partial charge on any atom is 0.158 e. The van der Waals surface area contributed by atoms with E-state index in [1.807, 2.05) is 19.9 Å². The summed E-state index contributed by atoms with van der Waals surface area (Å²) in [5.41, 5.74) is 5.48. The molecule has 1 aromatic heterocycles. The highest BCUT2D eigenvalue weighted by atomic mass is 14.9. The Bertz CT molecular complexity index is 234. The molecule has 11 heavy (non-hydrogen) atoms. The summed E-state index contributed by atoms with van der Waals surface area (Å²) in [5.74, 6) is 0.328. The van der Waals surface area contributed by atoms with Gasteiger partial charge in [-0.05, 0) is 0 Å². The minimum atomic E-state index is 0.282. The number of nitrogens with zero attached hydrogens (tertiary/aromatic N) is 3. The van der Waals surface area contributed by atoms with Gasteiger partial charge in [-0.15, -0.1) is 0 Å². The first kappa shape index (κ1) is 9.37. The fourth-order valence-corrected chi connectivity index (χ4v) is 0.396. The Hall–Kier alpha value is -1.63. The van der Waals surface area contributed by atoms with Crippen molar-refractivity contribution in [2.45, 2.75) is 13.8 Å². The van der Waals surface area contributed by atoms with E-state index in [0.29, 0.717) is 5.82 Å². The first-order valence-electron chi connectivity index (χ1n) is 3.30. The number of aromatic nitrogens is 2. The molecular formula is C7H10N4. The highest BCUT2D eigenvalue weighted by Gasteiger charge is 1.88. The number of nitrogen functional groups attached to an aromatic ring is 1. The first-order chi connectivity index (χ1) is 5.33. The van der Waals surface area contributed by atoms with Crippen LogP contribution in [0.25, 0.3) is 0 Å². The van der Waals surface area contributed by atoms with Gasteiger partial charge < -0.3 is 5.73 Å². The van der Waals surface area contributed by atoms with E-state index in [1.165, 1.54) is 12.4 Å². The van der Waals surface area contributed by atoms with Crippen LogP contribution in [0.15, 0.2) is 12.4 Å². The average molecular weight is 150 g/mol. The van der Waals surface area contributed by atoms with Crippen molar-refractivity contribution in [1.29, 1.82) is 5.26 Å². The summed E-state index contributed by atoms with van der Waals surface area (Å²) in [6.07, 6.45) is 2.67. The van der Waals surface area contributed by atoms with Crippen LogP contribution < -0.4 is 5.73 Å². The van der Waals surface area contributed by atoms with Crippen molar-refractivity contribution < 1.29 is 0 Å². The third-order valence-electron chi connectivity index (χ3n) is 0.786. The Kier molecular flexibility index (Phi) is 4.41. The Morgan fingerprint density at radius 1 is 1.36 bits per heavy atom. The van der Waals surface area contributed by atoms with Gasteiger partial charge in [0.25, 0.3) is 0 Å². The zero-order valence-corrected chi connectivity index (χ0v) is 6.57. The van der Waals surface area contributed by atoms with E-state index in [4.69, 9.17) is 11.0 Å². The maximum atomic E-state index is 8.24. The van der Waals surface area contributed by atoms with Crippen molar-refractivity contribution in [3.63, 3.8) is 0 Å². The Balaban J connectivity index is 0.000000461. The van der Waals surface area contributed by atoms with Gasteiger partial charge in [0.05, 0.1) is 12.4 Å². The van der Waals surface area contributed by atoms with Crippen molar-refractivity contribution in [3.8, 4) is 6.07 Å². The van der Waals surface area contributed by atoms with Crippen molar-refractivity contribution >= 4 is 5.82 Å². The van der Waals surface area contributed by atoms with Crippen LogP contribution in [0.4, 0.5) is 5.82 Å². The third-order valence-corrected chi connectivity index (χ3v) is 0.786. The van der Waals surface area contributed by atoms with Crippen LogP contribution in [0.2, 0.25) is 0 Å². The van der Waals surface area contributed by atoms with E-state index in [9.17, 15) is 0 Å². The first-order valence-corrected chi connectivity index (χ1v) is 3.30. The second-order valence-electron chi connectivity index (χ2n) is 1.44. The predicted molar refractivity (Wildman–Crippen MR) is 42.5 cm³/mol. The van der Waals surface area contributed by atoms with Crippen LogP contribution in [-0.4, -0.2) is 9.97 Å². The number of nitriles is 1. The van der Waals surface area contributed by atoms with Gasteiger partial charge in [0.2, 0.25) is 0 Å². The van der Waals surface area contributed by atoms with Crippen LogP contribution in [0, 0.1) is 11.3 Å².